The fraction of sp³-hybridized carbons (Fsp3) is 0.0714. The van der Waals surface area contributed by atoms with Gasteiger partial charge in [-0.25, -0.2) is 4.79 Å². The molecule has 0 saturated heterocycles. The van der Waals surface area contributed by atoms with Crippen LogP contribution in [0, 0.1) is 0 Å². The number of hydrogen-bond donors (Lipinski definition) is 1. The predicted octanol–water partition coefficient (Wildman–Crippen LogP) is 4.31. The number of benzene rings is 2. The molecule has 0 aliphatic rings. The van der Waals surface area contributed by atoms with Crippen LogP contribution in [-0.2, 0) is 0 Å². The van der Waals surface area contributed by atoms with E-state index in [-0.39, 0.29) is 5.56 Å². The van der Waals surface area contributed by atoms with E-state index in [1.54, 1.807) is 25.3 Å². The van der Waals surface area contributed by atoms with Crippen molar-refractivity contribution in [1.82, 2.24) is 0 Å². The molecule has 2 aromatic carbocycles. The lowest BCUT2D eigenvalue weighted by Gasteiger charge is -2.08. The van der Waals surface area contributed by atoms with Crippen molar-refractivity contribution in [3.63, 3.8) is 0 Å². The molecule has 0 unspecified atom stereocenters. The number of rotatable bonds is 4. The molecule has 0 aliphatic carbocycles. The largest absolute Gasteiger partial charge is 0.496 e. The van der Waals surface area contributed by atoms with E-state index in [1.807, 2.05) is 24.3 Å². The average molecular weight is 339 g/mol. The normalized spacial score (nSPS) is 10.2. The van der Waals surface area contributed by atoms with E-state index in [4.69, 9.17) is 9.84 Å². The SMILES string of the molecule is COc1ccccc1Sc1ccc(C(=O)O)c(Br)c1. The quantitative estimate of drug-likeness (QED) is 0.902. The lowest BCUT2D eigenvalue weighted by Crippen LogP contribution is -1.97. The van der Waals surface area contributed by atoms with E-state index in [1.165, 1.54) is 11.8 Å². The Bertz CT molecular complexity index is 613. The van der Waals surface area contributed by atoms with Gasteiger partial charge in [0.25, 0.3) is 0 Å². The van der Waals surface area contributed by atoms with Gasteiger partial charge in [-0.1, -0.05) is 23.9 Å². The summed E-state index contributed by atoms with van der Waals surface area (Å²) in [5.74, 6) is -0.147. The molecule has 2 aromatic rings. The van der Waals surface area contributed by atoms with Crippen LogP contribution >= 0.6 is 27.7 Å². The van der Waals surface area contributed by atoms with Crippen molar-refractivity contribution in [2.24, 2.45) is 0 Å². The number of methoxy groups -OCH3 is 1. The number of carboxylic acids is 1. The highest BCUT2D eigenvalue weighted by Crippen LogP contribution is 2.36. The predicted molar refractivity (Wildman–Crippen MR) is 78.2 cm³/mol. The molecule has 0 aliphatic heterocycles. The van der Waals surface area contributed by atoms with Crippen LogP contribution in [0.3, 0.4) is 0 Å². The van der Waals surface area contributed by atoms with E-state index in [0.29, 0.717) is 4.47 Å². The van der Waals surface area contributed by atoms with Gasteiger partial charge in [0.2, 0.25) is 0 Å². The Morgan fingerprint density at radius 2 is 2.00 bits per heavy atom. The molecular formula is C14H11BrO3S. The highest BCUT2D eigenvalue weighted by molar-refractivity contribution is 9.10. The zero-order valence-electron chi connectivity index (χ0n) is 10.1. The van der Waals surface area contributed by atoms with Crippen LogP contribution in [0.1, 0.15) is 10.4 Å². The first-order valence-corrected chi connectivity index (χ1v) is 7.06. The van der Waals surface area contributed by atoms with Crippen LogP contribution in [0.5, 0.6) is 5.75 Å². The molecule has 5 heteroatoms. The molecule has 3 nitrogen and oxygen atoms in total. The minimum Gasteiger partial charge on any atom is -0.496 e. The average Bonchev–Trinajstić information content (AvgIpc) is 2.39. The van der Waals surface area contributed by atoms with Crippen molar-refractivity contribution in [2.75, 3.05) is 7.11 Å². The molecule has 2 rings (SSSR count). The lowest BCUT2D eigenvalue weighted by molar-refractivity contribution is 0.0696. The standard InChI is InChI=1S/C14H11BrO3S/c1-18-12-4-2-3-5-13(12)19-9-6-7-10(14(16)17)11(15)8-9/h2-8H,1H3,(H,16,17). The second-order valence-corrected chi connectivity index (χ2v) is 5.67. The van der Waals surface area contributed by atoms with Crippen LogP contribution < -0.4 is 4.74 Å². The molecule has 0 fully saturated rings. The van der Waals surface area contributed by atoms with Gasteiger partial charge >= 0.3 is 5.97 Å². The molecular weight excluding hydrogens is 328 g/mol. The minimum atomic E-state index is -0.944. The van der Waals surface area contributed by atoms with Gasteiger partial charge in [0.05, 0.1) is 17.6 Å². The summed E-state index contributed by atoms with van der Waals surface area (Å²) < 4.78 is 5.85. The maximum atomic E-state index is 10.9. The Morgan fingerprint density at radius 1 is 1.26 bits per heavy atom. The van der Waals surface area contributed by atoms with Gasteiger partial charge in [0, 0.05) is 9.37 Å². The molecule has 0 saturated carbocycles. The Balaban J connectivity index is 2.29. The third-order valence-electron chi connectivity index (χ3n) is 2.47. The number of carbonyl (C=O) groups is 1. The second-order valence-electron chi connectivity index (χ2n) is 3.70. The van der Waals surface area contributed by atoms with Gasteiger partial charge in [-0.2, -0.15) is 0 Å². The molecule has 0 bridgehead atoms. The van der Waals surface area contributed by atoms with Crippen molar-refractivity contribution in [3.05, 3.63) is 52.5 Å². The summed E-state index contributed by atoms with van der Waals surface area (Å²) in [7, 11) is 1.63. The first kappa shape index (κ1) is 14.0. The van der Waals surface area contributed by atoms with Crippen molar-refractivity contribution in [1.29, 1.82) is 0 Å². The van der Waals surface area contributed by atoms with Crippen LogP contribution in [0.4, 0.5) is 0 Å². The monoisotopic (exact) mass is 338 g/mol. The maximum Gasteiger partial charge on any atom is 0.336 e. The van der Waals surface area contributed by atoms with Gasteiger partial charge in [0.1, 0.15) is 5.75 Å². The second kappa shape index (κ2) is 6.12. The van der Waals surface area contributed by atoms with E-state index in [2.05, 4.69) is 15.9 Å². The number of carboxylic acid groups (broad SMARTS) is 1. The lowest BCUT2D eigenvalue weighted by atomic mass is 10.2. The Labute approximate surface area is 123 Å². The minimum absolute atomic E-state index is 0.254. The smallest absolute Gasteiger partial charge is 0.336 e. The summed E-state index contributed by atoms with van der Waals surface area (Å²) in [6.07, 6.45) is 0. The first-order valence-electron chi connectivity index (χ1n) is 5.45. The third kappa shape index (κ3) is 3.30. The molecule has 0 spiro atoms. The summed E-state index contributed by atoms with van der Waals surface area (Å²) in [4.78, 5) is 12.9. The zero-order valence-corrected chi connectivity index (χ0v) is 12.5. The first-order chi connectivity index (χ1) is 9.11. The molecule has 19 heavy (non-hydrogen) atoms. The van der Waals surface area contributed by atoms with Crippen molar-refractivity contribution in [2.45, 2.75) is 9.79 Å². The summed E-state index contributed by atoms with van der Waals surface area (Å²) >= 11 is 4.80. The molecule has 0 radical (unpaired) electrons. The van der Waals surface area contributed by atoms with Crippen molar-refractivity contribution < 1.29 is 14.6 Å². The van der Waals surface area contributed by atoms with Crippen LogP contribution in [0.25, 0.3) is 0 Å². The van der Waals surface area contributed by atoms with Gasteiger partial charge in [-0.05, 0) is 46.3 Å². The van der Waals surface area contributed by atoms with Gasteiger partial charge < -0.3 is 9.84 Å². The molecule has 0 heterocycles. The van der Waals surface area contributed by atoms with E-state index >= 15 is 0 Å². The summed E-state index contributed by atoms with van der Waals surface area (Å²) in [5.41, 5.74) is 0.254. The number of hydrogen-bond acceptors (Lipinski definition) is 3. The fourth-order valence-electron chi connectivity index (χ4n) is 1.56. The molecule has 0 amide bonds. The third-order valence-corrected chi connectivity index (χ3v) is 4.17. The van der Waals surface area contributed by atoms with Crippen molar-refractivity contribution in [3.8, 4) is 5.75 Å². The topological polar surface area (TPSA) is 46.5 Å². The van der Waals surface area contributed by atoms with E-state index in [9.17, 15) is 4.79 Å². The number of halogens is 1. The van der Waals surface area contributed by atoms with Crippen molar-refractivity contribution >= 4 is 33.7 Å². The van der Waals surface area contributed by atoms with Gasteiger partial charge in [-0.3, -0.25) is 0 Å². The Hall–Kier alpha value is -1.46. The number of aromatic carboxylic acids is 1. The van der Waals surface area contributed by atoms with E-state index in [0.717, 1.165) is 15.5 Å². The zero-order chi connectivity index (χ0) is 13.8. The Kier molecular flexibility index (Phi) is 4.50. The Morgan fingerprint density at radius 3 is 2.63 bits per heavy atom. The maximum absolute atomic E-state index is 10.9. The summed E-state index contributed by atoms with van der Waals surface area (Å²) in [5, 5.41) is 8.97. The molecule has 1 N–H and O–H groups in total. The highest BCUT2D eigenvalue weighted by Gasteiger charge is 2.10. The van der Waals surface area contributed by atoms with Crippen LogP contribution in [0.2, 0.25) is 0 Å². The van der Waals surface area contributed by atoms with E-state index < -0.39 is 5.97 Å². The molecule has 0 aromatic heterocycles. The molecule has 98 valence electrons. The van der Waals surface area contributed by atoms with Gasteiger partial charge in [0.15, 0.2) is 0 Å². The van der Waals surface area contributed by atoms with Crippen LogP contribution in [0.15, 0.2) is 56.7 Å². The number of ether oxygens (including phenoxy) is 1. The van der Waals surface area contributed by atoms with Crippen LogP contribution in [-0.4, -0.2) is 18.2 Å². The molecule has 0 atom stereocenters. The number of para-hydroxylation sites is 1. The summed E-state index contributed by atoms with van der Waals surface area (Å²) in [6, 6.07) is 12.9. The fourth-order valence-corrected chi connectivity index (χ4v) is 3.23. The summed E-state index contributed by atoms with van der Waals surface area (Å²) in [6.45, 7) is 0. The van der Waals surface area contributed by atoms with Gasteiger partial charge in [-0.15, -0.1) is 0 Å². The highest BCUT2D eigenvalue weighted by atomic mass is 79.9.